The molecule has 1 aromatic carbocycles. The zero-order chi connectivity index (χ0) is 14.5. The van der Waals surface area contributed by atoms with Gasteiger partial charge in [-0.3, -0.25) is 0 Å². The lowest BCUT2D eigenvalue weighted by Crippen LogP contribution is -2.36. The molecule has 19 heavy (non-hydrogen) atoms. The molecule has 2 N–H and O–H groups in total. The molecular weight excluding hydrogens is 259 g/mol. The highest BCUT2D eigenvalue weighted by Gasteiger charge is 2.31. The van der Waals surface area contributed by atoms with Crippen LogP contribution in [0, 0.1) is 5.92 Å². The van der Waals surface area contributed by atoms with Gasteiger partial charge in [-0.2, -0.15) is 0 Å². The van der Waals surface area contributed by atoms with Crippen LogP contribution in [0.5, 0.6) is 5.75 Å². The second kappa shape index (κ2) is 6.77. The molecule has 1 atom stereocenters. The van der Waals surface area contributed by atoms with E-state index in [4.69, 9.17) is 5.11 Å². The van der Waals surface area contributed by atoms with Gasteiger partial charge in [0, 0.05) is 12.6 Å². The average molecular weight is 277 g/mol. The van der Waals surface area contributed by atoms with Gasteiger partial charge < -0.3 is 15.2 Å². The number of rotatable bonds is 6. The van der Waals surface area contributed by atoms with Crippen molar-refractivity contribution in [3.05, 3.63) is 29.8 Å². The molecule has 1 aromatic rings. The van der Waals surface area contributed by atoms with Crippen LogP contribution in [-0.4, -0.2) is 24.1 Å². The molecule has 0 fully saturated rings. The fourth-order valence-corrected chi connectivity index (χ4v) is 1.61. The van der Waals surface area contributed by atoms with Gasteiger partial charge in [0.05, 0.1) is 6.61 Å². The Morgan fingerprint density at radius 3 is 2.53 bits per heavy atom. The smallest absolute Gasteiger partial charge is 0.406 e. The third-order valence-corrected chi connectivity index (χ3v) is 2.70. The van der Waals surface area contributed by atoms with Crippen LogP contribution in [0.3, 0.4) is 0 Å². The van der Waals surface area contributed by atoms with Crippen LogP contribution in [0.4, 0.5) is 13.2 Å². The summed E-state index contributed by atoms with van der Waals surface area (Å²) in [6.45, 7) is 4.27. The van der Waals surface area contributed by atoms with Crippen molar-refractivity contribution in [3.63, 3.8) is 0 Å². The van der Waals surface area contributed by atoms with Crippen LogP contribution in [0.2, 0.25) is 0 Å². The summed E-state index contributed by atoms with van der Waals surface area (Å²) < 4.78 is 40.1. The maximum Gasteiger partial charge on any atom is 0.573 e. The monoisotopic (exact) mass is 277 g/mol. The molecule has 0 saturated carbocycles. The van der Waals surface area contributed by atoms with Gasteiger partial charge in [-0.15, -0.1) is 13.2 Å². The first-order chi connectivity index (χ1) is 8.81. The Morgan fingerprint density at radius 1 is 1.32 bits per heavy atom. The molecule has 0 saturated heterocycles. The van der Waals surface area contributed by atoms with Crippen molar-refractivity contribution in [1.82, 2.24) is 5.32 Å². The maximum absolute atomic E-state index is 12.1. The summed E-state index contributed by atoms with van der Waals surface area (Å²) in [5.41, 5.74) is 0.667. The standard InChI is InChI=1S/C13H18F3NO2/c1-9(2)12(8-18)17-7-10-4-3-5-11(6-10)19-13(14,15)16/h3-6,9,12,17-18H,7-8H2,1-2H3. The molecule has 0 spiro atoms. The van der Waals surface area contributed by atoms with Crippen molar-refractivity contribution < 1.29 is 23.0 Å². The normalized spacial score (nSPS) is 13.6. The lowest BCUT2D eigenvalue weighted by molar-refractivity contribution is -0.274. The summed E-state index contributed by atoms with van der Waals surface area (Å²) >= 11 is 0. The summed E-state index contributed by atoms with van der Waals surface area (Å²) in [5, 5.41) is 12.2. The van der Waals surface area contributed by atoms with E-state index < -0.39 is 6.36 Å². The Bertz CT molecular complexity index is 394. The predicted octanol–water partition coefficient (Wildman–Crippen LogP) is 2.69. The van der Waals surface area contributed by atoms with Crippen molar-refractivity contribution in [2.75, 3.05) is 6.61 Å². The number of halogens is 3. The van der Waals surface area contributed by atoms with E-state index in [0.29, 0.717) is 12.1 Å². The zero-order valence-corrected chi connectivity index (χ0v) is 10.9. The number of hydrogen-bond donors (Lipinski definition) is 2. The number of ether oxygens (including phenoxy) is 1. The first kappa shape index (κ1) is 15.8. The fraction of sp³-hybridized carbons (Fsp3) is 0.538. The van der Waals surface area contributed by atoms with E-state index >= 15 is 0 Å². The molecular formula is C13H18F3NO2. The Labute approximate surface area is 110 Å². The lowest BCUT2D eigenvalue weighted by atomic mass is 10.1. The van der Waals surface area contributed by atoms with E-state index in [-0.39, 0.29) is 24.3 Å². The highest BCUT2D eigenvalue weighted by atomic mass is 19.4. The average Bonchev–Trinajstić information content (AvgIpc) is 2.27. The molecule has 0 bridgehead atoms. The van der Waals surface area contributed by atoms with Gasteiger partial charge in [-0.05, 0) is 23.6 Å². The van der Waals surface area contributed by atoms with E-state index in [1.54, 1.807) is 6.07 Å². The summed E-state index contributed by atoms with van der Waals surface area (Å²) in [7, 11) is 0. The third-order valence-electron chi connectivity index (χ3n) is 2.70. The summed E-state index contributed by atoms with van der Waals surface area (Å²) in [6, 6.07) is 5.69. The Kier molecular flexibility index (Phi) is 5.62. The SMILES string of the molecule is CC(C)C(CO)NCc1cccc(OC(F)(F)F)c1. The van der Waals surface area contributed by atoms with Crippen LogP contribution in [-0.2, 0) is 6.54 Å². The van der Waals surface area contributed by atoms with Gasteiger partial charge in [0.15, 0.2) is 0 Å². The number of alkyl halides is 3. The van der Waals surface area contributed by atoms with Gasteiger partial charge in [-0.1, -0.05) is 26.0 Å². The number of benzene rings is 1. The third kappa shape index (κ3) is 5.94. The van der Waals surface area contributed by atoms with Gasteiger partial charge >= 0.3 is 6.36 Å². The fourth-order valence-electron chi connectivity index (χ4n) is 1.61. The van der Waals surface area contributed by atoms with Crippen molar-refractivity contribution in [3.8, 4) is 5.75 Å². The molecule has 0 amide bonds. The Hall–Kier alpha value is -1.27. The molecule has 1 rings (SSSR count). The van der Waals surface area contributed by atoms with Gasteiger partial charge in [0.25, 0.3) is 0 Å². The molecule has 3 nitrogen and oxygen atoms in total. The number of nitrogens with one attached hydrogen (secondary N) is 1. The van der Waals surface area contributed by atoms with Crippen LogP contribution in [0.1, 0.15) is 19.4 Å². The Morgan fingerprint density at radius 2 is 2.00 bits per heavy atom. The largest absolute Gasteiger partial charge is 0.573 e. The molecule has 0 aliphatic heterocycles. The summed E-state index contributed by atoms with van der Waals surface area (Å²) in [6.07, 6.45) is -4.68. The molecule has 1 unspecified atom stereocenters. The highest BCUT2D eigenvalue weighted by Crippen LogP contribution is 2.23. The Balaban J connectivity index is 2.62. The topological polar surface area (TPSA) is 41.5 Å². The zero-order valence-electron chi connectivity index (χ0n) is 10.9. The van der Waals surface area contributed by atoms with E-state index in [2.05, 4.69) is 10.1 Å². The predicted molar refractivity (Wildman–Crippen MR) is 65.7 cm³/mol. The number of aliphatic hydroxyl groups excluding tert-OH is 1. The molecule has 108 valence electrons. The van der Waals surface area contributed by atoms with Gasteiger partial charge in [0.1, 0.15) is 5.75 Å². The van der Waals surface area contributed by atoms with E-state index in [0.717, 1.165) is 0 Å². The lowest BCUT2D eigenvalue weighted by Gasteiger charge is -2.20. The van der Waals surface area contributed by atoms with Crippen LogP contribution >= 0.6 is 0 Å². The molecule has 0 aliphatic rings. The quantitative estimate of drug-likeness (QED) is 0.840. The first-order valence-corrected chi connectivity index (χ1v) is 6.00. The second-order valence-corrected chi connectivity index (χ2v) is 4.61. The van der Waals surface area contributed by atoms with Crippen molar-refractivity contribution in [1.29, 1.82) is 0 Å². The highest BCUT2D eigenvalue weighted by molar-refractivity contribution is 5.28. The van der Waals surface area contributed by atoms with E-state index in [9.17, 15) is 13.2 Å². The van der Waals surface area contributed by atoms with Crippen LogP contribution in [0.15, 0.2) is 24.3 Å². The molecule has 0 heterocycles. The second-order valence-electron chi connectivity index (χ2n) is 4.61. The van der Waals surface area contributed by atoms with Gasteiger partial charge in [0.2, 0.25) is 0 Å². The van der Waals surface area contributed by atoms with E-state index in [1.165, 1.54) is 18.2 Å². The molecule has 0 aliphatic carbocycles. The van der Waals surface area contributed by atoms with Crippen LogP contribution < -0.4 is 10.1 Å². The first-order valence-electron chi connectivity index (χ1n) is 6.00. The van der Waals surface area contributed by atoms with Crippen molar-refractivity contribution in [2.45, 2.75) is 32.8 Å². The maximum atomic E-state index is 12.1. The van der Waals surface area contributed by atoms with Crippen LogP contribution in [0.25, 0.3) is 0 Å². The minimum Gasteiger partial charge on any atom is -0.406 e. The summed E-state index contributed by atoms with van der Waals surface area (Å²) in [5.74, 6) is -0.00324. The molecule has 6 heteroatoms. The van der Waals surface area contributed by atoms with Gasteiger partial charge in [-0.25, -0.2) is 0 Å². The van der Waals surface area contributed by atoms with E-state index in [1.807, 2.05) is 13.8 Å². The minimum atomic E-state index is -4.68. The van der Waals surface area contributed by atoms with Crippen molar-refractivity contribution >= 4 is 0 Å². The minimum absolute atomic E-state index is 0.0175. The number of aliphatic hydroxyl groups is 1. The number of hydrogen-bond acceptors (Lipinski definition) is 3. The molecule has 0 radical (unpaired) electrons. The molecule has 0 aromatic heterocycles. The summed E-state index contributed by atoms with van der Waals surface area (Å²) in [4.78, 5) is 0. The van der Waals surface area contributed by atoms with Crippen molar-refractivity contribution in [2.24, 2.45) is 5.92 Å².